The van der Waals surface area contributed by atoms with Crippen LogP contribution in [0.5, 0.6) is 5.75 Å². The van der Waals surface area contributed by atoms with Gasteiger partial charge >= 0.3 is 0 Å². The van der Waals surface area contributed by atoms with Gasteiger partial charge < -0.3 is 4.74 Å². The van der Waals surface area contributed by atoms with Crippen LogP contribution in [0, 0.1) is 0 Å². The molecule has 0 unspecified atom stereocenters. The summed E-state index contributed by atoms with van der Waals surface area (Å²) in [6, 6.07) is 9.29. The van der Waals surface area contributed by atoms with Crippen LogP contribution in [-0.4, -0.2) is 29.8 Å². The molecule has 7 nitrogen and oxygen atoms in total. The van der Waals surface area contributed by atoms with Gasteiger partial charge in [-0.25, -0.2) is 13.4 Å². The molecule has 29 heavy (non-hydrogen) atoms. The maximum absolute atomic E-state index is 13.2. The number of thiazole rings is 1. The van der Waals surface area contributed by atoms with Crippen LogP contribution in [0.4, 0.5) is 5.13 Å². The number of nitrogens with one attached hydrogen (secondary N) is 1. The van der Waals surface area contributed by atoms with Gasteiger partial charge in [0.2, 0.25) is 0 Å². The van der Waals surface area contributed by atoms with E-state index in [-0.39, 0.29) is 10.9 Å². The van der Waals surface area contributed by atoms with E-state index in [1.165, 1.54) is 22.7 Å². The maximum atomic E-state index is 13.2. The number of hydrogen-bond donors (Lipinski definition) is 1. The second kappa shape index (κ2) is 7.77. The van der Waals surface area contributed by atoms with Gasteiger partial charge in [-0.2, -0.15) is 5.10 Å². The Kier molecular flexibility index (Phi) is 5.32. The van der Waals surface area contributed by atoms with E-state index in [1.807, 2.05) is 56.5 Å². The first-order valence-corrected chi connectivity index (χ1v) is 12.2. The molecule has 1 aromatic carbocycles. The van der Waals surface area contributed by atoms with Gasteiger partial charge in [0.25, 0.3) is 10.0 Å². The van der Waals surface area contributed by atoms with Gasteiger partial charge in [0.15, 0.2) is 5.13 Å². The van der Waals surface area contributed by atoms with E-state index in [0.717, 1.165) is 15.3 Å². The zero-order chi connectivity index (χ0) is 20.6. The standard InChI is InChI=1S/C19H20N4O3S3/c1-4-26-13-7-8-14-16(10-13)28-19(20-14)22-29(24,25)17-11-23(12(2)3)21-18(17)15-6-5-9-27-15/h5-12H,4H2,1-3H3,(H,20,22). The molecule has 0 amide bonds. The second-order valence-electron chi connectivity index (χ2n) is 6.58. The van der Waals surface area contributed by atoms with E-state index in [1.54, 1.807) is 10.9 Å². The Labute approximate surface area is 177 Å². The Morgan fingerprint density at radius 2 is 2.10 bits per heavy atom. The van der Waals surface area contributed by atoms with E-state index in [9.17, 15) is 8.42 Å². The van der Waals surface area contributed by atoms with Crippen LogP contribution in [0.25, 0.3) is 20.8 Å². The van der Waals surface area contributed by atoms with E-state index in [0.29, 0.717) is 22.9 Å². The van der Waals surface area contributed by atoms with Crippen LogP contribution >= 0.6 is 22.7 Å². The monoisotopic (exact) mass is 448 g/mol. The first kappa shape index (κ1) is 19.9. The molecule has 4 rings (SSSR count). The molecular weight excluding hydrogens is 428 g/mol. The molecule has 0 atom stereocenters. The van der Waals surface area contributed by atoms with Crippen LogP contribution in [0.2, 0.25) is 0 Å². The molecule has 0 bridgehead atoms. The molecule has 0 saturated heterocycles. The highest BCUT2D eigenvalue weighted by Gasteiger charge is 2.26. The summed E-state index contributed by atoms with van der Waals surface area (Å²) in [5, 5.41) is 6.72. The first-order valence-electron chi connectivity index (χ1n) is 9.06. The number of nitrogens with zero attached hydrogens (tertiary/aromatic N) is 3. The van der Waals surface area contributed by atoms with Crippen molar-refractivity contribution in [1.29, 1.82) is 0 Å². The van der Waals surface area contributed by atoms with Gasteiger partial charge in [-0.05, 0) is 50.4 Å². The number of benzene rings is 1. The van der Waals surface area contributed by atoms with Crippen LogP contribution in [-0.2, 0) is 10.0 Å². The fourth-order valence-electron chi connectivity index (χ4n) is 2.80. The maximum Gasteiger partial charge on any atom is 0.267 e. The molecule has 152 valence electrons. The van der Waals surface area contributed by atoms with Gasteiger partial charge in [-0.15, -0.1) is 11.3 Å². The van der Waals surface area contributed by atoms with Crippen molar-refractivity contribution in [1.82, 2.24) is 14.8 Å². The Hall–Kier alpha value is -2.43. The van der Waals surface area contributed by atoms with Crippen molar-refractivity contribution in [3.8, 4) is 16.3 Å². The SMILES string of the molecule is CCOc1ccc2nc(NS(=O)(=O)c3cn(C(C)C)nc3-c3cccs3)sc2c1. The van der Waals surface area contributed by atoms with Crippen molar-refractivity contribution in [2.24, 2.45) is 0 Å². The Morgan fingerprint density at radius 1 is 1.28 bits per heavy atom. The zero-order valence-corrected chi connectivity index (χ0v) is 18.6. The van der Waals surface area contributed by atoms with Gasteiger partial charge in [-0.1, -0.05) is 17.4 Å². The van der Waals surface area contributed by atoms with Crippen LogP contribution in [0.1, 0.15) is 26.8 Å². The summed E-state index contributed by atoms with van der Waals surface area (Å²) in [6.07, 6.45) is 1.57. The summed E-state index contributed by atoms with van der Waals surface area (Å²) < 4.78 is 37.0. The minimum atomic E-state index is -3.86. The highest BCUT2D eigenvalue weighted by molar-refractivity contribution is 7.93. The minimum absolute atomic E-state index is 0.0390. The Balaban J connectivity index is 1.71. The van der Waals surface area contributed by atoms with Gasteiger partial charge in [-0.3, -0.25) is 9.40 Å². The molecule has 3 heterocycles. The van der Waals surface area contributed by atoms with Gasteiger partial charge in [0.05, 0.1) is 21.7 Å². The number of sulfonamides is 1. The number of rotatable bonds is 7. The third-order valence-corrected chi connectivity index (χ3v) is 7.44. The van der Waals surface area contributed by atoms with Crippen LogP contribution in [0.15, 0.2) is 46.8 Å². The largest absolute Gasteiger partial charge is 0.494 e. The number of ether oxygens (including phenoxy) is 1. The molecular formula is C19H20N4O3S3. The zero-order valence-electron chi connectivity index (χ0n) is 16.1. The molecule has 4 aromatic rings. The van der Waals surface area contributed by atoms with Crippen LogP contribution < -0.4 is 9.46 Å². The molecule has 0 saturated carbocycles. The number of anilines is 1. The quantitative estimate of drug-likeness (QED) is 0.430. The molecule has 0 aliphatic heterocycles. The molecule has 3 aromatic heterocycles. The summed E-state index contributed by atoms with van der Waals surface area (Å²) >= 11 is 2.72. The highest BCUT2D eigenvalue weighted by atomic mass is 32.2. The first-order chi connectivity index (χ1) is 13.9. The third kappa shape index (κ3) is 4.00. The number of hydrogen-bond acceptors (Lipinski definition) is 7. The molecule has 0 aliphatic carbocycles. The van der Waals surface area contributed by atoms with E-state index in [2.05, 4.69) is 14.8 Å². The lowest BCUT2D eigenvalue weighted by molar-refractivity contribution is 0.341. The van der Waals surface area contributed by atoms with Gasteiger partial charge in [0.1, 0.15) is 16.3 Å². The number of aromatic nitrogens is 3. The lowest BCUT2D eigenvalue weighted by Crippen LogP contribution is -2.13. The topological polar surface area (TPSA) is 86.1 Å². The third-order valence-electron chi connectivity index (χ3n) is 4.16. The van der Waals surface area contributed by atoms with Crippen molar-refractivity contribution in [2.75, 3.05) is 11.3 Å². The summed E-state index contributed by atoms with van der Waals surface area (Å²) in [4.78, 5) is 5.35. The lowest BCUT2D eigenvalue weighted by atomic mass is 10.3. The van der Waals surface area contributed by atoms with Crippen molar-refractivity contribution in [3.63, 3.8) is 0 Å². The van der Waals surface area contributed by atoms with E-state index >= 15 is 0 Å². The smallest absolute Gasteiger partial charge is 0.267 e. The molecule has 0 aliphatic rings. The average Bonchev–Trinajstić information content (AvgIpc) is 3.39. The summed E-state index contributed by atoms with van der Waals surface area (Å²) in [5.41, 5.74) is 1.16. The van der Waals surface area contributed by atoms with Crippen LogP contribution in [0.3, 0.4) is 0 Å². The molecule has 0 spiro atoms. The van der Waals surface area contributed by atoms with Crippen molar-refractivity contribution < 1.29 is 13.2 Å². The fourth-order valence-corrected chi connectivity index (χ4v) is 5.86. The number of fused-ring (bicyclic) bond motifs is 1. The summed E-state index contributed by atoms with van der Waals surface area (Å²) in [6.45, 7) is 6.39. The normalized spacial score (nSPS) is 12.0. The summed E-state index contributed by atoms with van der Waals surface area (Å²) in [7, 11) is -3.86. The average molecular weight is 449 g/mol. The Bertz CT molecular complexity index is 1240. The molecule has 10 heteroatoms. The highest BCUT2D eigenvalue weighted by Crippen LogP contribution is 2.34. The summed E-state index contributed by atoms with van der Waals surface area (Å²) in [5.74, 6) is 0.733. The molecule has 1 N–H and O–H groups in total. The lowest BCUT2D eigenvalue weighted by Gasteiger charge is -2.04. The fraction of sp³-hybridized carbons (Fsp3) is 0.263. The van der Waals surface area contributed by atoms with E-state index in [4.69, 9.17) is 4.74 Å². The Morgan fingerprint density at radius 3 is 2.79 bits per heavy atom. The van der Waals surface area contributed by atoms with Crippen molar-refractivity contribution in [3.05, 3.63) is 41.9 Å². The van der Waals surface area contributed by atoms with Crippen molar-refractivity contribution >= 4 is 48.0 Å². The number of thiophene rings is 1. The van der Waals surface area contributed by atoms with Crippen molar-refractivity contribution in [2.45, 2.75) is 31.7 Å². The van der Waals surface area contributed by atoms with Gasteiger partial charge in [0, 0.05) is 12.2 Å². The minimum Gasteiger partial charge on any atom is -0.494 e. The molecule has 0 radical (unpaired) electrons. The van der Waals surface area contributed by atoms with E-state index < -0.39 is 10.0 Å². The molecule has 0 fully saturated rings. The predicted octanol–water partition coefficient (Wildman–Crippen LogP) is 5.00. The second-order valence-corrected chi connectivity index (χ2v) is 10.2. The predicted molar refractivity (Wildman–Crippen MR) is 118 cm³/mol.